The zero-order valence-corrected chi connectivity index (χ0v) is 11.6. The van der Waals surface area contributed by atoms with E-state index in [1.807, 2.05) is 4.68 Å². The lowest BCUT2D eigenvalue weighted by Gasteiger charge is -2.14. The molecule has 2 fully saturated rings. The molecule has 2 aliphatic rings. The Morgan fingerprint density at radius 3 is 2.29 bits per heavy atom. The Bertz CT molecular complexity index is 450. The van der Waals surface area contributed by atoms with Crippen LogP contribution in [0.25, 0.3) is 0 Å². The molecule has 2 saturated carbocycles. The number of halogens is 1. The molecule has 4 heteroatoms. The molecule has 0 aromatic carbocycles. The largest absolute Gasteiger partial charge is 0.298 e. The summed E-state index contributed by atoms with van der Waals surface area (Å²) in [5, 5.41) is 3.37. The van der Waals surface area contributed by atoms with Crippen LogP contribution in [-0.2, 0) is 0 Å². The number of aromatic nitrogens is 2. The third-order valence-electron chi connectivity index (χ3n) is 4.06. The highest BCUT2D eigenvalue weighted by molar-refractivity contribution is 9.10. The summed E-state index contributed by atoms with van der Waals surface area (Å²) < 4.78 is 2.67. The van der Waals surface area contributed by atoms with Gasteiger partial charge in [0.2, 0.25) is 0 Å². The van der Waals surface area contributed by atoms with Crippen molar-refractivity contribution in [3.05, 3.63) is 20.5 Å². The van der Waals surface area contributed by atoms with Crippen molar-refractivity contribution in [3.8, 4) is 0 Å². The van der Waals surface area contributed by atoms with Gasteiger partial charge in [-0.15, -0.1) is 0 Å². The first kappa shape index (κ1) is 11.6. The summed E-state index contributed by atoms with van der Waals surface area (Å²) in [4.78, 5) is 12.2. The molecule has 0 spiro atoms. The van der Waals surface area contributed by atoms with E-state index in [2.05, 4.69) is 21.0 Å². The van der Waals surface area contributed by atoms with Gasteiger partial charge in [-0.2, -0.15) is 0 Å². The highest BCUT2D eigenvalue weighted by Crippen LogP contribution is 2.41. The van der Waals surface area contributed by atoms with Gasteiger partial charge in [-0.05, 0) is 41.6 Å². The number of aromatic amines is 1. The predicted octanol–water partition coefficient (Wildman–Crippen LogP) is 3.71. The van der Waals surface area contributed by atoms with Crippen LogP contribution in [0.5, 0.6) is 0 Å². The van der Waals surface area contributed by atoms with Crippen LogP contribution in [0.4, 0.5) is 0 Å². The van der Waals surface area contributed by atoms with E-state index >= 15 is 0 Å². The lowest BCUT2D eigenvalue weighted by molar-refractivity contribution is 0.393. The van der Waals surface area contributed by atoms with Gasteiger partial charge in [0.1, 0.15) is 4.47 Å². The number of H-pyrrole nitrogens is 1. The molecule has 0 unspecified atom stereocenters. The maximum Gasteiger partial charge on any atom is 0.281 e. The van der Waals surface area contributed by atoms with Gasteiger partial charge in [0.05, 0.1) is 11.7 Å². The molecule has 0 radical (unpaired) electrons. The first-order chi connectivity index (χ1) is 8.27. The first-order valence-corrected chi connectivity index (χ1v) is 7.56. The van der Waals surface area contributed by atoms with E-state index < -0.39 is 0 Å². The van der Waals surface area contributed by atoms with Gasteiger partial charge in [0, 0.05) is 5.92 Å². The molecule has 0 bridgehead atoms. The molecule has 1 aromatic rings. The van der Waals surface area contributed by atoms with Crippen LogP contribution in [0.1, 0.15) is 69.0 Å². The van der Waals surface area contributed by atoms with E-state index in [0.29, 0.717) is 12.0 Å². The molecule has 0 amide bonds. The lowest BCUT2D eigenvalue weighted by atomic mass is 10.1. The predicted molar refractivity (Wildman–Crippen MR) is 71.5 cm³/mol. The number of hydrogen-bond acceptors (Lipinski definition) is 1. The van der Waals surface area contributed by atoms with Crippen LogP contribution in [0.15, 0.2) is 9.27 Å². The van der Waals surface area contributed by atoms with E-state index in [9.17, 15) is 4.79 Å². The lowest BCUT2D eigenvalue weighted by Crippen LogP contribution is -2.22. The summed E-state index contributed by atoms with van der Waals surface area (Å²) in [5.41, 5.74) is 1.29. The van der Waals surface area contributed by atoms with Crippen molar-refractivity contribution in [3.63, 3.8) is 0 Å². The van der Waals surface area contributed by atoms with Crippen LogP contribution in [0.2, 0.25) is 0 Å². The standard InChI is InChI=1S/C13H19BrN2O/c14-11-12(9-7-8-9)15-16(13(11)17)10-5-3-1-2-4-6-10/h9-10,15H,1-8H2. The van der Waals surface area contributed by atoms with Gasteiger partial charge in [-0.3, -0.25) is 9.89 Å². The average molecular weight is 299 g/mol. The van der Waals surface area contributed by atoms with Crippen LogP contribution >= 0.6 is 15.9 Å². The fourth-order valence-electron chi connectivity index (χ4n) is 2.87. The van der Waals surface area contributed by atoms with Crippen molar-refractivity contribution < 1.29 is 0 Å². The average Bonchev–Trinajstić information content (AvgIpc) is 3.13. The van der Waals surface area contributed by atoms with Gasteiger partial charge in [-0.25, -0.2) is 4.68 Å². The van der Waals surface area contributed by atoms with Gasteiger partial charge in [-0.1, -0.05) is 25.7 Å². The molecular formula is C13H19BrN2O. The minimum Gasteiger partial charge on any atom is -0.298 e. The second-order valence-corrected chi connectivity index (χ2v) is 6.23. The quantitative estimate of drug-likeness (QED) is 0.831. The third kappa shape index (κ3) is 2.24. The van der Waals surface area contributed by atoms with Crippen molar-refractivity contribution in [1.29, 1.82) is 0 Å². The number of hydrogen-bond donors (Lipinski definition) is 1. The Kier molecular flexibility index (Phi) is 3.16. The molecule has 0 saturated heterocycles. The van der Waals surface area contributed by atoms with Crippen LogP contribution in [-0.4, -0.2) is 9.78 Å². The van der Waals surface area contributed by atoms with Gasteiger partial charge >= 0.3 is 0 Å². The molecule has 17 heavy (non-hydrogen) atoms. The van der Waals surface area contributed by atoms with E-state index in [1.54, 1.807) is 0 Å². The Morgan fingerprint density at radius 1 is 1.06 bits per heavy atom. The van der Waals surface area contributed by atoms with Gasteiger partial charge in [0.25, 0.3) is 5.56 Å². The molecule has 0 aliphatic heterocycles. The van der Waals surface area contributed by atoms with Crippen molar-refractivity contribution in [2.45, 2.75) is 63.3 Å². The van der Waals surface area contributed by atoms with Crippen LogP contribution in [0, 0.1) is 0 Å². The van der Waals surface area contributed by atoms with Crippen molar-refractivity contribution in [2.75, 3.05) is 0 Å². The topological polar surface area (TPSA) is 37.8 Å². The van der Waals surface area contributed by atoms with E-state index in [-0.39, 0.29) is 5.56 Å². The van der Waals surface area contributed by atoms with Crippen molar-refractivity contribution >= 4 is 15.9 Å². The SMILES string of the molecule is O=c1c(Br)c(C2CC2)[nH]n1C1CCCCCC1. The highest BCUT2D eigenvalue weighted by atomic mass is 79.9. The second kappa shape index (κ2) is 4.63. The molecule has 1 aromatic heterocycles. The normalized spacial score (nSPS) is 22.6. The van der Waals surface area contributed by atoms with E-state index in [4.69, 9.17) is 0 Å². The fraction of sp³-hybridized carbons (Fsp3) is 0.769. The molecular weight excluding hydrogens is 280 g/mol. The number of nitrogens with one attached hydrogen (secondary N) is 1. The molecule has 3 nitrogen and oxygen atoms in total. The fourth-order valence-corrected chi connectivity index (χ4v) is 3.47. The molecule has 2 aliphatic carbocycles. The van der Waals surface area contributed by atoms with Gasteiger partial charge < -0.3 is 0 Å². The molecule has 1 heterocycles. The number of rotatable bonds is 2. The zero-order chi connectivity index (χ0) is 11.8. The summed E-state index contributed by atoms with van der Waals surface area (Å²) >= 11 is 3.46. The second-order valence-electron chi connectivity index (χ2n) is 5.43. The van der Waals surface area contributed by atoms with E-state index in [1.165, 1.54) is 38.5 Å². The first-order valence-electron chi connectivity index (χ1n) is 6.77. The molecule has 3 rings (SSSR count). The Balaban J connectivity index is 1.90. The Labute approximate surface area is 110 Å². The summed E-state index contributed by atoms with van der Waals surface area (Å²) in [6.45, 7) is 0. The van der Waals surface area contributed by atoms with Crippen LogP contribution in [0.3, 0.4) is 0 Å². The minimum atomic E-state index is 0.152. The summed E-state index contributed by atoms with van der Waals surface area (Å²) in [6, 6.07) is 0.397. The Hall–Kier alpha value is -0.510. The van der Waals surface area contributed by atoms with Gasteiger partial charge in [0.15, 0.2) is 0 Å². The maximum absolute atomic E-state index is 12.2. The van der Waals surface area contributed by atoms with Crippen LogP contribution < -0.4 is 5.56 Å². The van der Waals surface area contributed by atoms with Crippen molar-refractivity contribution in [2.24, 2.45) is 0 Å². The third-order valence-corrected chi connectivity index (χ3v) is 4.83. The smallest absolute Gasteiger partial charge is 0.281 e. The molecule has 94 valence electrons. The molecule has 0 atom stereocenters. The van der Waals surface area contributed by atoms with Crippen molar-refractivity contribution in [1.82, 2.24) is 9.78 Å². The monoisotopic (exact) mass is 298 g/mol. The minimum absolute atomic E-state index is 0.152. The zero-order valence-electron chi connectivity index (χ0n) is 10.0. The summed E-state index contributed by atoms with van der Waals surface area (Å²) in [7, 11) is 0. The molecule has 1 N–H and O–H groups in total. The number of nitrogens with zero attached hydrogens (tertiary/aromatic N) is 1. The highest BCUT2D eigenvalue weighted by Gasteiger charge is 2.30. The summed E-state index contributed by atoms with van der Waals surface area (Å²) in [6.07, 6.45) is 9.91. The summed E-state index contributed by atoms with van der Waals surface area (Å²) in [5.74, 6) is 0.601. The van der Waals surface area contributed by atoms with E-state index in [0.717, 1.165) is 23.0 Å². The Morgan fingerprint density at radius 2 is 1.71 bits per heavy atom. The maximum atomic E-state index is 12.2.